The summed E-state index contributed by atoms with van der Waals surface area (Å²) in [5.74, 6) is -0.187. The summed E-state index contributed by atoms with van der Waals surface area (Å²) in [5.41, 5.74) is 0.832. The molecule has 1 atom stereocenters. The number of carbonyl (C=O) groups excluding carboxylic acids is 2. The van der Waals surface area contributed by atoms with Gasteiger partial charge in [-0.3, -0.25) is 13.9 Å². The van der Waals surface area contributed by atoms with Crippen LogP contribution in [0.1, 0.15) is 33.3 Å². The van der Waals surface area contributed by atoms with Crippen molar-refractivity contribution in [1.82, 2.24) is 10.2 Å². The average molecular weight is 621 g/mol. The third-order valence-corrected chi connectivity index (χ3v) is 8.63. The minimum Gasteiger partial charge on any atom is -0.494 e. The molecule has 2 amide bonds. The van der Waals surface area contributed by atoms with Crippen molar-refractivity contribution in [3.8, 4) is 5.75 Å². The normalized spacial score (nSPS) is 12.1. The van der Waals surface area contributed by atoms with Crippen molar-refractivity contribution < 1.29 is 22.7 Å². The summed E-state index contributed by atoms with van der Waals surface area (Å²) < 4.78 is 34.2. The van der Waals surface area contributed by atoms with Crippen molar-refractivity contribution in [2.24, 2.45) is 5.92 Å². The number of nitrogens with zero attached hydrogens (tertiary/aromatic N) is 2. The SMILES string of the molecule is CCOc1ccc(N(CC(=O)N(Cc2ccc(Cl)cc2Cl)[C@@H](C)C(=O)NCC(C)C)S(=O)(=O)c2ccccc2)cc1. The Morgan fingerprint density at radius 2 is 1.61 bits per heavy atom. The van der Waals surface area contributed by atoms with Crippen molar-refractivity contribution in [2.75, 3.05) is 24.0 Å². The number of sulfonamides is 1. The van der Waals surface area contributed by atoms with Crippen LogP contribution in [0.3, 0.4) is 0 Å². The molecule has 3 rings (SSSR count). The molecule has 8 nitrogen and oxygen atoms in total. The minimum atomic E-state index is -4.16. The zero-order valence-corrected chi connectivity index (χ0v) is 25.8. The molecule has 3 aromatic rings. The highest BCUT2D eigenvalue weighted by molar-refractivity contribution is 7.92. The molecule has 1 N–H and O–H groups in total. The first-order chi connectivity index (χ1) is 19.4. The predicted octanol–water partition coefficient (Wildman–Crippen LogP) is 5.78. The van der Waals surface area contributed by atoms with Gasteiger partial charge in [0.25, 0.3) is 10.0 Å². The van der Waals surface area contributed by atoms with Crippen LogP contribution in [0, 0.1) is 5.92 Å². The number of hydrogen-bond donors (Lipinski definition) is 1. The molecule has 0 bridgehead atoms. The molecular weight excluding hydrogens is 585 g/mol. The van der Waals surface area contributed by atoms with Gasteiger partial charge in [-0.25, -0.2) is 8.42 Å². The Morgan fingerprint density at radius 1 is 0.951 bits per heavy atom. The van der Waals surface area contributed by atoms with Gasteiger partial charge in [0.1, 0.15) is 18.3 Å². The van der Waals surface area contributed by atoms with Crippen LogP contribution in [0.15, 0.2) is 77.7 Å². The van der Waals surface area contributed by atoms with Gasteiger partial charge in [-0.1, -0.05) is 61.3 Å². The van der Waals surface area contributed by atoms with E-state index in [1.165, 1.54) is 17.0 Å². The van der Waals surface area contributed by atoms with Gasteiger partial charge < -0.3 is 15.0 Å². The molecule has 3 aromatic carbocycles. The number of amides is 2. The lowest BCUT2D eigenvalue weighted by molar-refractivity contribution is -0.139. The van der Waals surface area contributed by atoms with Gasteiger partial charge in [-0.2, -0.15) is 0 Å². The van der Waals surface area contributed by atoms with Crippen LogP contribution in [0.4, 0.5) is 5.69 Å². The number of ether oxygens (including phenoxy) is 1. The number of carbonyl (C=O) groups is 2. The Labute approximate surface area is 252 Å². The predicted molar refractivity (Wildman–Crippen MR) is 163 cm³/mol. The van der Waals surface area contributed by atoms with E-state index in [0.717, 1.165) is 4.31 Å². The first-order valence-corrected chi connectivity index (χ1v) is 15.4. The van der Waals surface area contributed by atoms with Crippen LogP contribution in [-0.4, -0.2) is 50.9 Å². The number of nitrogens with one attached hydrogen (secondary N) is 1. The fourth-order valence-corrected chi connectivity index (χ4v) is 5.90. The number of hydrogen-bond acceptors (Lipinski definition) is 5. The standard InChI is InChI=1S/C30H35Cl2N3O5S/c1-5-40-26-15-13-25(14-16-26)35(41(38,39)27-9-7-6-8-10-27)20-29(36)34(22(4)30(37)33-18-21(2)3)19-23-11-12-24(31)17-28(23)32/h6-17,21-22H,5,18-20H2,1-4H3,(H,33,37)/t22-/m0/s1. The molecule has 0 aromatic heterocycles. The van der Waals surface area contributed by atoms with E-state index in [1.54, 1.807) is 67.6 Å². The highest BCUT2D eigenvalue weighted by Gasteiger charge is 2.32. The summed E-state index contributed by atoms with van der Waals surface area (Å²) in [4.78, 5) is 28.4. The molecule has 0 saturated heterocycles. The van der Waals surface area contributed by atoms with Gasteiger partial charge in [0.05, 0.1) is 17.2 Å². The van der Waals surface area contributed by atoms with E-state index in [4.69, 9.17) is 27.9 Å². The van der Waals surface area contributed by atoms with Gasteiger partial charge in [0, 0.05) is 23.1 Å². The Bertz CT molecular complexity index is 1430. The zero-order chi connectivity index (χ0) is 30.2. The zero-order valence-electron chi connectivity index (χ0n) is 23.5. The van der Waals surface area contributed by atoms with Gasteiger partial charge in [0.2, 0.25) is 11.8 Å². The highest BCUT2D eigenvalue weighted by atomic mass is 35.5. The monoisotopic (exact) mass is 619 g/mol. The molecule has 0 fully saturated rings. The fraction of sp³-hybridized carbons (Fsp3) is 0.333. The summed E-state index contributed by atoms with van der Waals surface area (Å²) in [5, 5.41) is 3.60. The molecule has 0 heterocycles. The Kier molecular flexibility index (Phi) is 11.5. The van der Waals surface area contributed by atoms with Gasteiger partial charge in [-0.15, -0.1) is 0 Å². The number of benzene rings is 3. The van der Waals surface area contributed by atoms with Gasteiger partial charge >= 0.3 is 0 Å². The second-order valence-electron chi connectivity index (χ2n) is 9.82. The molecule has 0 radical (unpaired) electrons. The lowest BCUT2D eigenvalue weighted by atomic mass is 10.1. The van der Waals surface area contributed by atoms with E-state index in [1.807, 2.05) is 20.8 Å². The molecule has 11 heteroatoms. The second-order valence-corrected chi connectivity index (χ2v) is 12.5. The third-order valence-electron chi connectivity index (χ3n) is 6.25. The maximum atomic E-state index is 14.0. The molecule has 41 heavy (non-hydrogen) atoms. The third kappa shape index (κ3) is 8.61. The Balaban J connectivity index is 2.02. The summed E-state index contributed by atoms with van der Waals surface area (Å²) >= 11 is 12.5. The largest absolute Gasteiger partial charge is 0.494 e. The molecule has 0 spiro atoms. The molecule has 220 valence electrons. The van der Waals surface area contributed by atoms with Crippen LogP contribution in [0.5, 0.6) is 5.75 Å². The van der Waals surface area contributed by atoms with Crippen molar-refractivity contribution in [3.05, 3.63) is 88.4 Å². The molecule has 0 aliphatic heterocycles. The van der Waals surface area contributed by atoms with E-state index < -0.39 is 28.5 Å². The molecule has 0 unspecified atom stereocenters. The van der Waals surface area contributed by atoms with E-state index >= 15 is 0 Å². The van der Waals surface area contributed by atoms with Crippen molar-refractivity contribution >= 4 is 50.7 Å². The first kappa shape index (κ1) is 32.2. The summed E-state index contributed by atoms with van der Waals surface area (Å²) in [7, 11) is -4.16. The summed E-state index contributed by atoms with van der Waals surface area (Å²) in [6.45, 7) is 7.65. The second kappa shape index (κ2) is 14.6. The Hall–Kier alpha value is -3.27. The van der Waals surface area contributed by atoms with Gasteiger partial charge in [0.15, 0.2) is 0 Å². The summed E-state index contributed by atoms with van der Waals surface area (Å²) in [6.07, 6.45) is 0. The van der Waals surface area contributed by atoms with Crippen LogP contribution >= 0.6 is 23.2 Å². The van der Waals surface area contributed by atoms with E-state index in [0.29, 0.717) is 34.5 Å². The quantitative estimate of drug-likeness (QED) is 0.262. The topological polar surface area (TPSA) is 96.0 Å². The summed E-state index contributed by atoms with van der Waals surface area (Å²) in [6, 6.07) is 18.3. The maximum absolute atomic E-state index is 14.0. The smallest absolute Gasteiger partial charge is 0.264 e. The Morgan fingerprint density at radius 3 is 2.20 bits per heavy atom. The molecule has 0 aliphatic rings. The van der Waals surface area contributed by atoms with E-state index in [-0.39, 0.29) is 29.0 Å². The molecular formula is C30H35Cl2N3O5S. The van der Waals surface area contributed by atoms with Crippen molar-refractivity contribution in [1.29, 1.82) is 0 Å². The van der Waals surface area contributed by atoms with Crippen LogP contribution in [-0.2, 0) is 26.2 Å². The fourth-order valence-electron chi connectivity index (χ4n) is 3.99. The lowest BCUT2D eigenvalue weighted by Crippen LogP contribution is -2.51. The van der Waals surface area contributed by atoms with Crippen LogP contribution in [0.25, 0.3) is 0 Å². The maximum Gasteiger partial charge on any atom is 0.264 e. The van der Waals surface area contributed by atoms with E-state index in [2.05, 4.69) is 5.32 Å². The van der Waals surface area contributed by atoms with Crippen LogP contribution < -0.4 is 14.4 Å². The number of halogens is 2. The van der Waals surface area contributed by atoms with E-state index in [9.17, 15) is 18.0 Å². The van der Waals surface area contributed by atoms with Crippen molar-refractivity contribution in [2.45, 2.75) is 45.2 Å². The highest BCUT2D eigenvalue weighted by Crippen LogP contribution is 2.28. The number of rotatable bonds is 13. The minimum absolute atomic E-state index is 0.0247. The lowest BCUT2D eigenvalue weighted by Gasteiger charge is -2.32. The van der Waals surface area contributed by atoms with Gasteiger partial charge in [-0.05, 0) is 73.9 Å². The van der Waals surface area contributed by atoms with Crippen LogP contribution in [0.2, 0.25) is 10.0 Å². The average Bonchev–Trinajstić information content (AvgIpc) is 2.95. The number of anilines is 1. The molecule has 0 aliphatic carbocycles. The van der Waals surface area contributed by atoms with Crippen molar-refractivity contribution in [3.63, 3.8) is 0 Å². The molecule has 0 saturated carbocycles. The first-order valence-electron chi connectivity index (χ1n) is 13.3.